The number of aliphatic hydroxyl groups is 1. The number of nitrogens with one attached hydrogen (secondary N) is 8. The summed E-state index contributed by atoms with van der Waals surface area (Å²) in [7, 11) is 6.27. The van der Waals surface area contributed by atoms with Crippen molar-refractivity contribution in [3.8, 4) is 0 Å². The molecule has 0 spiro atoms. The van der Waals surface area contributed by atoms with Crippen LogP contribution in [0.15, 0.2) is 146 Å². The summed E-state index contributed by atoms with van der Waals surface area (Å²) in [6.07, 6.45) is 14.4. The molecule has 638 valence electrons. The van der Waals surface area contributed by atoms with Crippen molar-refractivity contribution >= 4 is 77.0 Å². The first-order valence-corrected chi connectivity index (χ1v) is 41.2. The highest BCUT2D eigenvalue weighted by molar-refractivity contribution is 6.38. The van der Waals surface area contributed by atoms with Gasteiger partial charge in [-0.25, -0.2) is 9.59 Å². The van der Waals surface area contributed by atoms with Gasteiger partial charge in [0, 0.05) is 53.1 Å². The Morgan fingerprint density at radius 3 is 1.28 bits per heavy atom. The summed E-state index contributed by atoms with van der Waals surface area (Å²) < 4.78 is 23.6. The van der Waals surface area contributed by atoms with E-state index in [0.717, 1.165) is 56.1 Å². The SMILES string of the molecule is CN(C)C(=O)[C@@H](NC(=O)CNC(=O)C(=O)[C@@H]1CCCCC=CCCCC[C@H](NC(=O)OCc2ccccc2)C(=O)N2CC3OC(C)(C)C[C@@H]3[C@H]2C(=O)N1)c1ccccc1.CN(C)C(=O)[C@@H](NC(=O)CNC(=O)C(O)[C@@H]1CCCCC=CCCCC[C@H](NC(=O)OCc2ccccc2)C(=O)N2CC3OC(C)(C)C[C@@H]3[C@H]2C(=O)N1)c1ccccc1. The molecular formula is C88H118N12O18. The number of benzene rings is 4. The maximum absolute atomic E-state index is 14.5. The Kier molecular flexibility index (Phi) is 34.0. The van der Waals surface area contributed by atoms with Crippen molar-refractivity contribution < 1.29 is 86.4 Å². The van der Waals surface area contributed by atoms with Crippen LogP contribution in [0.1, 0.15) is 178 Å². The van der Waals surface area contributed by atoms with E-state index in [1.807, 2.05) is 94.4 Å². The molecule has 0 saturated carbocycles. The smallest absolute Gasteiger partial charge is 0.408 e. The first-order chi connectivity index (χ1) is 56.5. The van der Waals surface area contributed by atoms with E-state index >= 15 is 0 Å². The van der Waals surface area contributed by atoms with Crippen LogP contribution in [0, 0.1) is 11.8 Å². The Labute approximate surface area is 690 Å². The van der Waals surface area contributed by atoms with Crippen molar-refractivity contribution in [2.45, 2.75) is 234 Å². The van der Waals surface area contributed by atoms with Crippen LogP contribution in [0.4, 0.5) is 9.59 Å². The van der Waals surface area contributed by atoms with Crippen LogP contribution in [-0.2, 0) is 84.9 Å². The molecule has 0 aliphatic carbocycles. The number of ether oxygens (including phenoxy) is 4. The lowest BCUT2D eigenvalue weighted by Crippen LogP contribution is -2.58. The third-order valence-corrected chi connectivity index (χ3v) is 22.0. The van der Waals surface area contributed by atoms with Gasteiger partial charge in [0.05, 0.1) is 48.6 Å². The molecule has 30 heteroatoms. The fraction of sp³-hybridized carbons (Fsp3) is 0.534. The molecule has 118 heavy (non-hydrogen) atoms. The molecule has 6 heterocycles. The maximum atomic E-state index is 14.5. The quantitative estimate of drug-likeness (QED) is 0.0326. The van der Waals surface area contributed by atoms with Crippen LogP contribution in [-0.4, -0.2) is 222 Å². The topological polar surface area (TPSA) is 388 Å². The van der Waals surface area contributed by atoms with Gasteiger partial charge in [0.2, 0.25) is 53.0 Å². The number of allylic oxidation sites excluding steroid dienone is 4. The minimum absolute atomic E-state index is 0.0121. The summed E-state index contributed by atoms with van der Waals surface area (Å²) in [5, 5.41) is 32.8. The van der Waals surface area contributed by atoms with E-state index in [0.29, 0.717) is 68.9 Å². The van der Waals surface area contributed by atoms with Gasteiger partial charge in [-0.1, -0.05) is 171 Å². The number of likely N-dealkylation sites (N-methyl/N-ethyl adjacent to an activating group) is 2. The average Bonchev–Trinajstić information content (AvgIpc) is 1.60. The second kappa shape index (κ2) is 44.1. The first-order valence-electron chi connectivity index (χ1n) is 41.2. The van der Waals surface area contributed by atoms with E-state index in [-0.39, 0.29) is 56.9 Å². The normalized spacial score (nSPS) is 24.3. The summed E-state index contributed by atoms with van der Waals surface area (Å²) in [5.74, 6) is -7.87. The third-order valence-electron chi connectivity index (χ3n) is 22.0. The molecule has 4 aromatic carbocycles. The number of rotatable bonds is 20. The van der Waals surface area contributed by atoms with E-state index in [2.05, 4.69) is 60.8 Å². The molecule has 6 aliphatic rings. The lowest BCUT2D eigenvalue weighted by Gasteiger charge is -2.33. The second-order valence-electron chi connectivity index (χ2n) is 32.7. The lowest BCUT2D eigenvalue weighted by molar-refractivity contribution is -0.144. The number of Topliss-reactive ketones (excluding diaryl/α,β-unsaturated/α-hetero) is 1. The number of carbonyl (C=O) groups excluding carboxylic acids is 13. The second-order valence-corrected chi connectivity index (χ2v) is 32.7. The summed E-state index contributed by atoms with van der Waals surface area (Å²) >= 11 is 0. The summed E-state index contributed by atoms with van der Waals surface area (Å²) in [6.45, 7) is 6.82. The van der Waals surface area contributed by atoms with E-state index in [9.17, 15) is 67.4 Å². The number of nitrogens with zero attached hydrogens (tertiary/aromatic N) is 4. The Balaban J connectivity index is 0.000000269. The van der Waals surface area contributed by atoms with Crippen LogP contribution < -0.4 is 42.5 Å². The predicted octanol–water partition coefficient (Wildman–Crippen LogP) is 6.76. The third kappa shape index (κ3) is 26.6. The van der Waals surface area contributed by atoms with E-state index < -0.39 is 162 Å². The van der Waals surface area contributed by atoms with Gasteiger partial charge in [-0.2, -0.15) is 0 Å². The van der Waals surface area contributed by atoms with Crippen molar-refractivity contribution in [1.29, 1.82) is 0 Å². The Morgan fingerprint density at radius 2 is 0.873 bits per heavy atom. The van der Waals surface area contributed by atoms with Gasteiger partial charge in [0.1, 0.15) is 49.5 Å². The Morgan fingerprint density at radius 1 is 0.500 bits per heavy atom. The number of fused-ring (bicyclic) bond motifs is 6. The fourth-order valence-corrected chi connectivity index (χ4v) is 16.1. The minimum Gasteiger partial charge on any atom is -0.445 e. The number of aliphatic hydroxyl groups excluding tert-OH is 1. The van der Waals surface area contributed by atoms with Crippen molar-refractivity contribution in [1.82, 2.24) is 62.1 Å². The zero-order chi connectivity index (χ0) is 85.1. The largest absolute Gasteiger partial charge is 0.445 e. The monoisotopic (exact) mass is 1630 g/mol. The molecule has 4 aromatic rings. The Hall–Kier alpha value is -10.9. The highest BCUT2D eigenvalue weighted by atomic mass is 16.6. The molecule has 6 aliphatic heterocycles. The van der Waals surface area contributed by atoms with Crippen molar-refractivity contribution in [2.24, 2.45) is 11.8 Å². The van der Waals surface area contributed by atoms with Gasteiger partial charge in [-0.3, -0.25) is 52.7 Å². The van der Waals surface area contributed by atoms with Crippen LogP contribution >= 0.6 is 0 Å². The molecule has 4 saturated heterocycles. The maximum Gasteiger partial charge on any atom is 0.408 e. The fourth-order valence-electron chi connectivity index (χ4n) is 16.1. The molecule has 13 atom stereocenters. The highest BCUT2D eigenvalue weighted by Gasteiger charge is 2.58. The zero-order valence-corrected chi connectivity index (χ0v) is 69.0. The molecule has 4 fully saturated rings. The van der Waals surface area contributed by atoms with Crippen LogP contribution in [0.5, 0.6) is 0 Å². The van der Waals surface area contributed by atoms with Gasteiger partial charge < -0.3 is 86.2 Å². The highest BCUT2D eigenvalue weighted by Crippen LogP contribution is 2.45. The number of amides is 12. The number of alkyl carbamates (subject to hydrolysis) is 2. The molecule has 10 rings (SSSR count). The van der Waals surface area contributed by atoms with Crippen molar-refractivity contribution in [3.05, 3.63) is 168 Å². The molecule has 30 nitrogen and oxygen atoms in total. The summed E-state index contributed by atoms with van der Waals surface area (Å²) in [6, 6.07) is 27.4. The Bertz CT molecular complexity index is 4150. The van der Waals surface area contributed by atoms with E-state index in [4.69, 9.17) is 18.9 Å². The van der Waals surface area contributed by atoms with Crippen LogP contribution in [0.3, 0.4) is 0 Å². The van der Waals surface area contributed by atoms with Crippen LogP contribution in [0.25, 0.3) is 0 Å². The standard InChI is InChI=1S/C44H60N6O9.C44H58N6O9/c2*1-44(2)25-31-34(59-44)27-50-37(31)39(53)46-32(38(52)40(54)45-26-35(51)48-36(42(56)49(3)4)30-21-15-12-16-22-30)23-17-9-7-5-6-8-10-18-24-33(41(50)55)47-43(57)58-28-29-19-13-11-14-20-29/h5-6,11-16,19-22,31-34,36-38,52H,7-10,17-18,23-28H2,1-4H3,(H,45,54)(H,46,53)(H,47,57)(H,48,51);5-6,11-16,19-22,31-34,36-37H,7-10,17-18,23-28H2,1-4H3,(H,45,54)(H,46,53)(H,47,57)(H,48,51)/t31-,32-,33-,34?,36-,37-,38?;31-,32-,33-,34?,36-,37-/m00/s1. The molecule has 0 aromatic heterocycles. The molecular weight excluding hydrogens is 1510 g/mol. The van der Waals surface area contributed by atoms with E-state index in [1.165, 1.54) is 19.6 Å². The van der Waals surface area contributed by atoms with Gasteiger partial charge in [0.15, 0.2) is 6.10 Å². The zero-order valence-electron chi connectivity index (χ0n) is 69.0. The summed E-state index contributed by atoms with van der Waals surface area (Å²) in [4.78, 5) is 182. The molecule has 9 N–H and O–H groups in total. The van der Waals surface area contributed by atoms with Gasteiger partial charge in [-0.05, 0) is 140 Å². The number of carbonyl (C=O) groups is 13. The molecule has 0 bridgehead atoms. The van der Waals surface area contributed by atoms with Gasteiger partial charge >= 0.3 is 12.2 Å². The molecule has 3 unspecified atom stereocenters. The van der Waals surface area contributed by atoms with Gasteiger partial charge in [-0.15, -0.1) is 0 Å². The van der Waals surface area contributed by atoms with E-state index in [1.54, 1.807) is 88.9 Å². The minimum atomic E-state index is -1.75. The number of hydrogen-bond acceptors (Lipinski definition) is 18. The molecule has 0 radical (unpaired) electrons. The predicted molar refractivity (Wildman–Crippen MR) is 437 cm³/mol. The van der Waals surface area contributed by atoms with Crippen LogP contribution in [0.2, 0.25) is 0 Å². The van der Waals surface area contributed by atoms with Gasteiger partial charge in [0.25, 0.3) is 11.8 Å². The number of ketones is 1. The van der Waals surface area contributed by atoms with Crippen molar-refractivity contribution in [3.63, 3.8) is 0 Å². The lowest BCUT2D eigenvalue weighted by atomic mass is 9.89. The first kappa shape index (κ1) is 91.1. The average molecular weight is 1630 g/mol. The number of hydrogen-bond donors (Lipinski definition) is 9. The molecule has 12 amide bonds. The summed E-state index contributed by atoms with van der Waals surface area (Å²) in [5.41, 5.74) is 1.56. The van der Waals surface area contributed by atoms with Crippen molar-refractivity contribution in [2.75, 3.05) is 54.4 Å².